The molecule has 7 nitrogen and oxygen atoms in total. The normalized spacial score (nSPS) is 11.3. The molecule has 0 saturated carbocycles. The third kappa shape index (κ3) is 2.88. The lowest BCUT2D eigenvalue weighted by atomic mass is 10.2. The van der Waals surface area contributed by atoms with Crippen molar-refractivity contribution in [1.29, 1.82) is 5.26 Å². The summed E-state index contributed by atoms with van der Waals surface area (Å²) in [5.41, 5.74) is 2.71. The van der Waals surface area contributed by atoms with E-state index >= 15 is 0 Å². The Kier molecular flexibility index (Phi) is 4.10. The van der Waals surface area contributed by atoms with E-state index in [1.54, 1.807) is 0 Å². The maximum absolute atomic E-state index is 12.7. The van der Waals surface area contributed by atoms with Gasteiger partial charge in [-0.1, -0.05) is 23.2 Å². The topological polar surface area (TPSA) is 111 Å². The average molecular weight is 366 g/mol. The largest absolute Gasteiger partial charge is 0.416 e. The first-order valence-electron chi connectivity index (χ1n) is 5.57. The van der Waals surface area contributed by atoms with Crippen molar-refractivity contribution in [3.8, 4) is 11.8 Å². The number of aromatic nitrogens is 2. The Morgan fingerprint density at radius 2 is 1.87 bits per heavy atom. The van der Waals surface area contributed by atoms with Gasteiger partial charge < -0.3 is 5.73 Å². The van der Waals surface area contributed by atoms with Gasteiger partial charge >= 0.3 is 11.9 Å². The zero-order valence-electron chi connectivity index (χ0n) is 10.7. The molecule has 2 N–H and O–H groups in total. The van der Waals surface area contributed by atoms with Crippen LogP contribution in [-0.2, 0) is 6.18 Å². The van der Waals surface area contributed by atoms with Gasteiger partial charge in [-0.05, 0) is 12.1 Å². The maximum atomic E-state index is 12.7. The number of benzene rings is 1. The van der Waals surface area contributed by atoms with E-state index in [2.05, 4.69) is 5.10 Å². The van der Waals surface area contributed by atoms with E-state index < -0.39 is 43.9 Å². The van der Waals surface area contributed by atoms with Crippen molar-refractivity contribution in [2.75, 3.05) is 5.73 Å². The minimum Gasteiger partial charge on any atom is -0.378 e. The molecule has 1 heterocycles. The first-order valence-corrected chi connectivity index (χ1v) is 6.33. The SMILES string of the molecule is N#Cc1nn(-c2c(Cl)cc(C(F)(F)F)cc2Cl)c(N)c1[N+](=O)[O-]. The van der Waals surface area contributed by atoms with Crippen LogP contribution in [0.4, 0.5) is 24.7 Å². The molecule has 0 aliphatic carbocycles. The lowest BCUT2D eigenvalue weighted by Gasteiger charge is -2.12. The lowest BCUT2D eigenvalue weighted by Crippen LogP contribution is -2.08. The van der Waals surface area contributed by atoms with Crippen LogP contribution in [-0.4, -0.2) is 14.7 Å². The van der Waals surface area contributed by atoms with Crippen molar-refractivity contribution in [3.05, 3.63) is 43.5 Å². The summed E-state index contributed by atoms with van der Waals surface area (Å²) in [4.78, 5) is 9.97. The van der Waals surface area contributed by atoms with E-state index in [0.717, 1.165) is 0 Å². The molecule has 0 aliphatic heterocycles. The number of alkyl halides is 3. The van der Waals surface area contributed by atoms with Crippen LogP contribution in [0, 0.1) is 21.4 Å². The molecule has 0 radical (unpaired) electrons. The third-order valence-electron chi connectivity index (χ3n) is 2.74. The maximum Gasteiger partial charge on any atom is 0.416 e. The van der Waals surface area contributed by atoms with Crippen LogP contribution in [0.3, 0.4) is 0 Å². The van der Waals surface area contributed by atoms with Gasteiger partial charge in [-0.15, -0.1) is 5.10 Å². The van der Waals surface area contributed by atoms with Gasteiger partial charge in [0.1, 0.15) is 11.8 Å². The number of nitro groups is 1. The number of halogens is 5. The summed E-state index contributed by atoms with van der Waals surface area (Å²) in [5, 5.41) is 22.3. The second-order valence-corrected chi connectivity index (χ2v) is 4.96. The van der Waals surface area contributed by atoms with Crippen LogP contribution in [0.25, 0.3) is 5.69 Å². The molecule has 0 atom stereocenters. The summed E-state index contributed by atoms with van der Waals surface area (Å²) in [7, 11) is 0. The fraction of sp³-hybridized carbons (Fsp3) is 0.0909. The molecule has 0 spiro atoms. The Bertz CT molecular complexity index is 834. The highest BCUT2D eigenvalue weighted by Gasteiger charge is 2.34. The summed E-state index contributed by atoms with van der Waals surface area (Å²) in [6.45, 7) is 0. The Hall–Kier alpha value is -2.51. The van der Waals surface area contributed by atoms with Crippen molar-refractivity contribution in [1.82, 2.24) is 9.78 Å². The Morgan fingerprint density at radius 3 is 2.22 bits per heavy atom. The smallest absolute Gasteiger partial charge is 0.378 e. The molecule has 0 fully saturated rings. The lowest BCUT2D eigenvalue weighted by molar-refractivity contribution is -0.384. The van der Waals surface area contributed by atoms with E-state index in [-0.39, 0.29) is 5.69 Å². The quantitative estimate of drug-likeness (QED) is 0.645. The molecule has 23 heavy (non-hydrogen) atoms. The van der Waals surface area contributed by atoms with E-state index in [1.807, 2.05) is 0 Å². The van der Waals surface area contributed by atoms with Crippen LogP contribution in [0.1, 0.15) is 11.3 Å². The van der Waals surface area contributed by atoms with Crippen LogP contribution >= 0.6 is 23.2 Å². The summed E-state index contributed by atoms with van der Waals surface area (Å²) in [6.07, 6.45) is -4.69. The van der Waals surface area contributed by atoms with Gasteiger partial charge in [-0.25, -0.2) is 4.68 Å². The first kappa shape index (κ1) is 16.9. The Morgan fingerprint density at radius 1 is 1.35 bits per heavy atom. The number of nitrogens with two attached hydrogens (primary N) is 1. The van der Waals surface area contributed by atoms with E-state index in [0.29, 0.717) is 16.8 Å². The molecular weight excluding hydrogens is 362 g/mol. The van der Waals surface area contributed by atoms with E-state index in [4.69, 9.17) is 34.2 Å². The van der Waals surface area contributed by atoms with Crippen molar-refractivity contribution in [2.24, 2.45) is 0 Å². The molecule has 0 saturated heterocycles. The highest BCUT2D eigenvalue weighted by Crippen LogP contribution is 2.39. The van der Waals surface area contributed by atoms with Crippen molar-refractivity contribution >= 4 is 34.7 Å². The summed E-state index contributed by atoms with van der Waals surface area (Å²) >= 11 is 11.6. The fourth-order valence-electron chi connectivity index (χ4n) is 1.78. The average Bonchev–Trinajstić information content (AvgIpc) is 2.74. The number of hydrogen-bond acceptors (Lipinski definition) is 5. The minimum absolute atomic E-state index is 0.302. The molecule has 1 aromatic heterocycles. The zero-order chi connectivity index (χ0) is 17.5. The number of anilines is 1. The summed E-state index contributed by atoms with van der Waals surface area (Å²) < 4.78 is 38.7. The summed E-state index contributed by atoms with van der Waals surface area (Å²) in [5.74, 6) is -0.588. The summed E-state index contributed by atoms with van der Waals surface area (Å²) in [6, 6.07) is 2.61. The van der Waals surface area contributed by atoms with Crippen molar-refractivity contribution in [3.63, 3.8) is 0 Å². The minimum atomic E-state index is -4.69. The highest BCUT2D eigenvalue weighted by molar-refractivity contribution is 6.38. The van der Waals surface area contributed by atoms with E-state index in [9.17, 15) is 23.3 Å². The van der Waals surface area contributed by atoms with Gasteiger partial charge in [0.05, 0.1) is 20.5 Å². The molecule has 0 bridgehead atoms. The zero-order valence-corrected chi connectivity index (χ0v) is 12.2. The standard InChI is InChI=1S/C11H4Cl2F3N5O2/c12-5-1-4(11(14,15)16)2-6(13)8(5)20-10(18)9(21(22)23)7(3-17)19-20/h1-2H,18H2. The van der Waals surface area contributed by atoms with Crippen LogP contribution in [0.5, 0.6) is 0 Å². The second kappa shape index (κ2) is 5.60. The number of hydrogen-bond donors (Lipinski definition) is 1. The second-order valence-electron chi connectivity index (χ2n) is 4.15. The van der Waals surface area contributed by atoms with Crippen LogP contribution < -0.4 is 5.73 Å². The monoisotopic (exact) mass is 365 g/mol. The van der Waals surface area contributed by atoms with Crippen molar-refractivity contribution in [2.45, 2.75) is 6.18 Å². The van der Waals surface area contributed by atoms with E-state index in [1.165, 1.54) is 6.07 Å². The molecular formula is C11H4Cl2F3N5O2. The fourth-order valence-corrected chi connectivity index (χ4v) is 2.43. The number of nitrogen functional groups attached to an aromatic ring is 1. The molecule has 1 aromatic carbocycles. The predicted octanol–water partition coefficient (Wildman–Crippen LogP) is 3.56. The molecule has 12 heteroatoms. The van der Waals surface area contributed by atoms with Crippen LogP contribution in [0.2, 0.25) is 10.0 Å². The molecule has 2 aromatic rings. The van der Waals surface area contributed by atoms with Gasteiger partial charge in [-0.2, -0.15) is 18.4 Å². The predicted molar refractivity (Wildman–Crippen MR) is 74.4 cm³/mol. The van der Waals surface area contributed by atoms with Gasteiger partial charge in [0.2, 0.25) is 11.5 Å². The highest BCUT2D eigenvalue weighted by atomic mass is 35.5. The molecule has 0 aliphatic rings. The molecule has 2 rings (SSSR count). The Labute approximate surface area is 135 Å². The molecule has 0 unspecified atom stereocenters. The van der Waals surface area contributed by atoms with Gasteiger partial charge in [-0.3, -0.25) is 10.1 Å². The number of nitrogens with zero attached hydrogens (tertiary/aromatic N) is 4. The van der Waals surface area contributed by atoms with Crippen LogP contribution in [0.15, 0.2) is 12.1 Å². The van der Waals surface area contributed by atoms with Gasteiger partial charge in [0, 0.05) is 0 Å². The van der Waals surface area contributed by atoms with Gasteiger partial charge in [0.15, 0.2) is 0 Å². The van der Waals surface area contributed by atoms with Crippen molar-refractivity contribution < 1.29 is 18.1 Å². The number of rotatable bonds is 2. The third-order valence-corrected chi connectivity index (χ3v) is 3.32. The number of nitriles is 1. The molecule has 0 amide bonds. The molecule has 120 valence electrons. The van der Waals surface area contributed by atoms with Gasteiger partial charge in [0.25, 0.3) is 0 Å². The Balaban J connectivity index is 2.74. The first-order chi connectivity index (χ1) is 10.6.